The SMILES string of the molecule is C[Si](C)=[Ti+2].Cc1[c-]c2ccccc(C(C)C)c-2c1.Cc1[c-]c2ccccc(C(C)C)c-2c1.[Cl-].[Cl-]. The minimum Gasteiger partial charge on any atom is -1.00 e. The van der Waals surface area contributed by atoms with Crippen molar-refractivity contribution < 1.29 is 44.0 Å². The molecule has 4 heteroatoms. The molecule has 0 nitrogen and oxygen atoms in total. The van der Waals surface area contributed by atoms with Gasteiger partial charge in [-0.2, -0.15) is 23.3 Å². The van der Waals surface area contributed by atoms with Gasteiger partial charge in [-0.25, -0.2) is 0 Å². The largest absolute Gasteiger partial charge is 1.00 e. The summed E-state index contributed by atoms with van der Waals surface area (Å²) in [6, 6.07) is 28.3. The standard InChI is InChI=1S/2C14H15.C2H6Si.2ClH.Ti/c2*1-10(2)13-7-5-4-6-12-8-11(3)9-14(12)13;1-3-2;;;/h2*4-7,9-10H,1-3H3;1-2H3;2*1H;/q2*-1;;;;+2/p-2. The van der Waals surface area contributed by atoms with Crippen LogP contribution in [0.15, 0.2) is 60.7 Å². The van der Waals surface area contributed by atoms with Crippen LogP contribution in [0, 0.1) is 26.0 Å². The second kappa shape index (κ2) is 15.8. The van der Waals surface area contributed by atoms with Gasteiger partial charge >= 0.3 is 38.5 Å². The van der Waals surface area contributed by atoms with Crippen molar-refractivity contribution in [3.05, 3.63) is 95.1 Å². The molecular formula is C30H36Cl2SiTi-2. The molecule has 0 saturated carbocycles. The van der Waals surface area contributed by atoms with Crippen LogP contribution in [0.1, 0.15) is 61.8 Å². The summed E-state index contributed by atoms with van der Waals surface area (Å²) in [4.78, 5) is 0. The van der Waals surface area contributed by atoms with Gasteiger partial charge in [-0.3, -0.25) is 0 Å². The Bertz CT molecular complexity index is 1020. The van der Waals surface area contributed by atoms with Crippen LogP contribution in [0.25, 0.3) is 22.3 Å². The maximum atomic E-state index is 3.37. The van der Waals surface area contributed by atoms with E-state index >= 15 is 0 Å². The van der Waals surface area contributed by atoms with Crippen molar-refractivity contribution in [3.8, 4) is 22.3 Å². The Labute approximate surface area is 232 Å². The van der Waals surface area contributed by atoms with Gasteiger partial charge in [0.25, 0.3) is 0 Å². The fourth-order valence-electron chi connectivity index (χ4n) is 3.77. The van der Waals surface area contributed by atoms with Gasteiger partial charge in [-0.15, -0.1) is 58.7 Å². The van der Waals surface area contributed by atoms with E-state index in [1.165, 1.54) is 44.5 Å². The van der Waals surface area contributed by atoms with E-state index in [2.05, 4.69) is 147 Å². The van der Waals surface area contributed by atoms with Gasteiger partial charge in [-0.1, -0.05) is 76.9 Å². The van der Waals surface area contributed by atoms with E-state index in [4.69, 9.17) is 0 Å². The molecule has 4 aliphatic carbocycles. The molecule has 0 unspecified atom stereocenters. The molecule has 0 saturated heterocycles. The summed E-state index contributed by atoms with van der Waals surface area (Å²) in [6.45, 7) is 17.7. The smallest absolute Gasteiger partial charge is 0.0308 e. The first kappa shape index (κ1) is 32.9. The van der Waals surface area contributed by atoms with Gasteiger partial charge in [0.05, 0.1) is 0 Å². The van der Waals surface area contributed by atoms with Gasteiger partial charge in [-0.05, 0) is 11.8 Å². The number of halogens is 2. The van der Waals surface area contributed by atoms with Crippen molar-refractivity contribution in [1.82, 2.24) is 0 Å². The van der Waals surface area contributed by atoms with E-state index in [1.807, 2.05) is 0 Å². The Hall–Kier alpha value is -1.09. The molecule has 0 spiro atoms. The van der Waals surface area contributed by atoms with Gasteiger partial charge in [0.1, 0.15) is 0 Å². The molecule has 0 aliphatic heterocycles. The van der Waals surface area contributed by atoms with Crippen molar-refractivity contribution >= 4 is 6.19 Å². The van der Waals surface area contributed by atoms with Crippen LogP contribution < -0.4 is 24.8 Å². The van der Waals surface area contributed by atoms with Crippen molar-refractivity contribution in [2.75, 3.05) is 0 Å². The number of aryl methyl sites for hydroxylation is 2. The van der Waals surface area contributed by atoms with Gasteiger partial charge in [0.15, 0.2) is 0 Å². The molecule has 0 aromatic carbocycles. The average molecular weight is 543 g/mol. The first-order chi connectivity index (χ1) is 15.1. The van der Waals surface area contributed by atoms with Crippen LogP contribution in [0.3, 0.4) is 0 Å². The maximum Gasteiger partial charge on any atom is -0.0308 e. The van der Waals surface area contributed by atoms with Gasteiger partial charge in [0.2, 0.25) is 0 Å². The zero-order chi connectivity index (χ0) is 23.8. The third-order valence-corrected chi connectivity index (χ3v) is 5.13. The summed E-state index contributed by atoms with van der Waals surface area (Å²) in [5.41, 5.74) is 10.4. The van der Waals surface area contributed by atoms with E-state index in [9.17, 15) is 0 Å². The molecular weight excluding hydrogens is 507 g/mol. The fraction of sp³-hybridized carbons (Fsp3) is 0.333. The number of rotatable bonds is 2. The van der Waals surface area contributed by atoms with Crippen LogP contribution in [-0.2, 0) is 19.2 Å². The van der Waals surface area contributed by atoms with Crippen LogP contribution in [0.2, 0.25) is 13.1 Å². The Morgan fingerprint density at radius 1 is 0.647 bits per heavy atom. The summed E-state index contributed by atoms with van der Waals surface area (Å²) in [7, 11) is 0. The summed E-state index contributed by atoms with van der Waals surface area (Å²) in [5, 5.41) is 0. The van der Waals surface area contributed by atoms with Gasteiger partial charge < -0.3 is 24.8 Å². The molecule has 4 rings (SSSR count). The van der Waals surface area contributed by atoms with Crippen LogP contribution in [0.5, 0.6) is 0 Å². The zero-order valence-corrected chi connectivity index (χ0v) is 25.8. The summed E-state index contributed by atoms with van der Waals surface area (Å²) in [6.07, 6.45) is 0.120. The van der Waals surface area contributed by atoms with E-state index in [-0.39, 0.29) is 31.0 Å². The minimum absolute atomic E-state index is 0. The van der Waals surface area contributed by atoms with Gasteiger partial charge in [0, 0.05) is 0 Å². The Morgan fingerprint density at radius 2 is 0.941 bits per heavy atom. The molecule has 0 radical (unpaired) electrons. The van der Waals surface area contributed by atoms with Crippen LogP contribution in [-0.4, -0.2) is 6.19 Å². The molecule has 0 fully saturated rings. The molecule has 34 heavy (non-hydrogen) atoms. The van der Waals surface area contributed by atoms with E-state index in [0.717, 1.165) is 0 Å². The molecule has 0 aromatic heterocycles. The fourth-order valence-corrected chi connectivity index (χ4v) is 3.77. The third-order valence-electron chi connectivity index (χ3n) is 5.13. The number of hydrogen-bond donors (Lipinski definition) is 0. The van der Waals surface area contributed by atoms with Crippen molar-refractivity contribution in [3.63, 3.8) is 0 Å². The average Bonchev–Trinajstić information content (AvgIpc) is 3.08. The Balaban J connectivity index is 0.000000528. The van der Waals surface area contributed by atoms with Crippen molar-refractivity contribution in [2.45, 2.75) is 66.5 Å². The van der Waals surface area contributed by atoms with E-state index in [1.54, 1.807) is 0 Å². The second-order valence-corrected chi connectivity index (χ2v) is 15.9. The summed E-state index contributed by atoms with van der Waals surface area (Å²) in [5.74, 6) is 1.14. The number of hydrogen-bond acceptors (Lipinski definition) is 0. The van der Waals surface area contributed by atoms with Crippen LogP contribution >= 0.6 is 0 Å². The summed E-state index contributed by atoms with van der Waals surface area (Å²) >= 11 is 2.27. The molecule has 180 valence electrons. The first-order valence-electron chi connectivity index (χ1n) is 11.4. The first-order valence-corrected chi connectivity index (χ1v) is 16.3. The normalized spacial score (nSPS) is 10.0. The molecule has 0 aromatic rings. The quantitative estimate of drug-likeness (QED) is 0.270. The zero-order valence-electron chi connectivity index (χ0n) is 21.7. The maximum absolute atomic E-state index is 3.37. The Kier molecular flexibility index (Phi) is 15.3. The minimum atomic E-state index is 0. The molecule has 0 atom stereocenters. The number of fused-ring (bicyclic) bond motifs is 2. The van der Waals surface area contributed by atoms with Crippen molar-refractivity contribution in [1.29, 1.82) is 0 Å². The van der Waals surface area contributed by atoms with E-state index < -0.39 is 0 Å². The van der Waals surface area contributed by atoms with Crippen LogP contribution in [0.4, 0.5) is 0 Å². The monoisotopic (exact) mass is 542 g/mol. The summed E-state index contributed by atoms with van der Waals surface area (Å²) < 4.78 is 0. The predicted molar refractivity (Wildman–Crippen MR) is 139 cm³/mol. The predicted octanol–water partition coefficient (Wildman–Crippen LogP) is 2.84. The molecule has 0 bridgehead atoms. The van der Waals surface area contributed by atoms with Crippen molar-refractivity contribution in [2.24, 2.45) is 0 Å². The molecule has 0 N–H and O–H groups in total. The molecule has 4 aliphatic rings. The Morgan fingerprint density at radius 3 is 1.24 bits per heavy atom. The topological polar surface area (TPSA) is 0 Å². The molecule has 0 amide bonds. The third kappa shape index (κ3) is 9.88. The van der Waals surface area contributed by atoms with E-state index in [0.29, 0.717) is 11.8 Å². The second-order valence-electron chi connectivity index (χ2n) is 9.22. The molecule has 0 heterocycles.